The van der Waals surface area contributed by atoms with Gasteiger partial charge in [0.1, 0.15) is 0 Å². The summed E-state index contributed by atoms with van der Waals surface area (Å²) in [6.07, 6.45) is 3.49. The molecule has 0 aliphatic carbocycles. The molecule has 3 saturated heterocycles. The summed E-state index contributed by atoms with van der Waals surface area (Å²) in [5.74, 6) is 0.937. The van der Waals surface area contributed by atoms with Gasteiger partial charge in [-0.15, -0.1) is 0 Å². The molecular weight excluding hydrogens is 466 g/mol. The van der Waals surface area contributed by atoms with Gasteiger partial charge in [-0.1, -0.05) is 40.2 Å². The minimum absolute atomic E-state index is 0.159. The highest BCUT2D eigenvalue weighted by atomic mass is 79.9. The molecule has 1 atom stereocenters. The number of hydrogen-bond donors (Lipinski definition) is 1. The molecule has 0 radical (unpaired) electrons. The van der Waals surface area contributed by atoms with E-state index in [0.29, 0.717) is 18.8 Å². The second-order valence-electron chi connectivity index (χ2n) is 9.49. The molecule has 2 aromatic carbocycles. The molecule has 1 unspecified atom stereocenters. The second kappa shape index (κ2) is 9.36. The van der Waals surface area contributed by atoms with Crippen LogP contribution in [0.1, 0.15) is 48.6 Å². The van der Waals surface area contributed by atoms with Gasteiger partial charge in [0.05, 0.1) is 5.92 Å². The molecule has 0 aromatic heterocycles. The Morgan fingerprint density at radius 1 is 0.875 bits per heavy atom. The zero-order chi connectivity index (χ0) is 22.1. The van der Waals surface area contributed by atoms with Crippen LogP contribution in [0.25, 0.3) is 0 Å². The van der Waals surface area contributed by atoms with Gasteiger partial charge in [-0.05, 0) is 60.6 Å². The fourth-order valence-corrected chi connectivity index (χ4v) is 5.60. The molecule has 5 nitrogen and oxygen atoms in total. The summed E-state index contributed by atoms with van der Waals surface area (Å²) < 4.78 is 1.15. The molecule has 5 rings (SSSR count). The van der Waals surface area contributed by atoms with Crippen molar-refractivity contribution in [2.45, 2.75) is 37.5 Å². The Morgan fingerprint density at radius 2 is 1.53 bits per heavy atom. The van der Waals surface area contributed by atoms with Crippen LogP contribution in [0.5, 0.6) is 0 Å². The van der Waals surface area contributed by atoms with Gasteiger partial charge in [-0.3, -0.25) is 14.9 Å². The van der Waals surface area contributed by atoms with Gasteiger partial charge in [0, 0.05) is 55.2 Å². The van der Waals surface area contributed by atoms with E-state index in [4.69, 9.17) is 0 Å². The minimum atomic E-state index is -0.203. The lowest BCUT2D eigenvalue weighted by molar-refractivity contribution is -0.134. The number of likely N-dealkylation sites (tertiary alicyclic amines) is 1. The molecule has 168 valence electrons. The fourth-order valence-electron chi connectivity index (χ4n) is 5.33. The third kappa shape index (κ3) is 4.76. The summed E-state index contributed by atoms with van der Waals surface area (Å²) in [5.41, 5.74) is 3.70. The molecular formula is C26H30BrN3O2. The van der Waals surface area contributed by atoms with Crippen LogP contribution in [0.3, 0.4) is 0 Å². The average Bonchev–Trinajstić information content (AvgIpc) is 2.78. The number of carbonyl (C=O) groups is 2. The van der Waals surface area contributed by atoms with Crippen molar-refractivity contribution < 1.29 is 9.59 Å². The van der Waals surface area contributed by atoms with Crippen LogP contribution in [0.4, 0.5) is 5.69 Å². The standard InChI is InChI=1S/C26H30BrN3O2/c27-22-5-1-19(2-6-22)21-16-29(17-21)15-18-11-13-30(14-12-18)23-7-3-20(4-8-23)24-9-10-25(31)28-26(24)32/h1-8,18,21,24H,9-17H2,(H,28,31,32). The number of imide groups is 1. The van der Waals surface area contributed by atoms with Crippen molar-refractivity contribution in [1.29, 1.82) is 0 Å². The van der Waals surface area contributed by atoms with E-state index in [9.17, 15) is 9.59 Å². The van der Waals surface area contributed by atoms with Crippen LogP contribution in [0, 0.1) is 5.92 Å². The normalized spacial score (nSPS) is 23.2. The topological polar surface area (TPSA) is 52.7 Å². The fraction of sp³-hybridized carbons (Fsp3) is 0.462. The number of rotatable bonds is 5. The quantitative estimate of drug-likeness (QED) is 0.628. The third-order valence-electron chi connectivity index (χ3n) is 7.33. The Labute approximate surface area is 198 Å². The highest BCUT2D eigenvalue weighted by Gasteiger charge is 2.31. The van der Waals surface area contributed by atoms with Crippen molar-refractivity contribution in [3.05, 3.63) is 64.1 Å². The number of nitrogens with one attached hydrogen (secondary N) is 1. The van der Waals surface area contributed by atoms with Crippen molar-refractivity contribution in [3.8, 4) is 0 Å². The van der Waals surface area contributed by atoms with E-state index < -0.39 is 0 Å². The average molecular weight is 496 g/mol. The summed E-state index contributed by atoms with van der Waals surface area (Å²) >= 11 is 3.52. The Bertz CT molecular complexity index is 962. The summed E-state index contributed by atoms with van der Waals surface area (Å²) in [6.45, 7) is 5.77. The maximum Gasteiger partial charge on any atom is 0.234 e. The highest BCUT2D eigenvalue weighted by molar-refractivity contribution is 9.10. The lowest BCUT2D eigenvalue weighted by Crippen LogP contribution is -2.48. The van der Waals surface area contributed by atoms with Crippen LogP contribution < -0.4 is 10.2 Å². The smallest absolute Gasteiger partial charge is 0.234 e. The van der Waals surface area contributed by atoms with Crippen molar-refractivity contribution >= 4 is 33.4 Å². The van der Waals surface area contributed by atoms with Gasteiger partial charge in [0.2, 0.25) is 11.8 Å². The molecule has 1 N–H and O–H groups in total. The Balaban J connectivity index is 1.08. The first-order valence-electron chi connectivity index (χ1n) is 11.7. The van der Waals surface area contributed by atoms with Crippen LogP contribution >= 0.6 is 15.9 Å². The van der Waals surface area contributed by atoms with Crippen LogP contribution in [0.2, 0.25) is 0 Å². The van der Waals surface area contributed by atoms with E-state index in [1.807, 2.05) is 0 Å². The van der Waals surface area contributed by atoms with E-state index in [-0.39, 0.29) is 17.7 Å². The lowest BCUT2D eigenvalue weighted by atomic mass is 9.88. The molecule has 2 aromatic rings. The number of benzene rings is 2. The summed E-state index contributed by atoms with van der Waals surface area (Å²) in [4.78, 5) is 28.6. The SMILES string of the molecule is O=C1CCC(c2ccc(N3CCC(CN4CC(c5ccc(Br)cc5)C4)CC3)cc2)C(=O)N1. The van der Waals surface area contributed by atoms with E-state index in [1.165, 1.54) is 43.7 Å². The van der Waals surface area contributed by atoms with Crippen molar-refractivity contribution in [3.63, 3.8) is 0 Å². The van der Waals surface area contributed by atoms with E-state index in [1.54, 1.807) is 0 Å². The lowest BCUT2D eigenvalue weighted by Gasteiger charge is -2.43. The molecule has 32 heavy (non-hydrogen) atoms. The molecule has 2 amide bonds. The number of amides is 2. The molecule has 6 heteroatoms. The number of nitrogens with zero attached hydrogens (tertiary/aromatic N) is 2. The third-order valence-corrected chi connectivity index (χ3v) is 7.86. The van der Waals surface area contributed by atoms with Gasteiger partial charge < -0.3 is 9.80 Å². The summed E-state index contributed by atoms with van der Waals surface area (Å²) in [6, 6.07) is 17.2. The molecule has 0 saturated carbocycles. The van der Waals surface area contributed by atoms with E-state index >= 15 is 0 Å². The van der Waals surface area contributed by atoms with E-state index in [0.717, 1.165) is 29.0 Å². The van der Waals surface area contributed by atoms with Crippen LogP contribution in [-0.2, 0) is 9.59 Å². The Morgan fingerprint density at radius 3 is 2.19 bits per heavy atom. The predicted octanol–water partition coefficient (Wildman–Crippen LogP) is 4.29. The van der Waals surface area contributed by atoms with Crippen LogP contribution in [0.15, 0.2) is 53.0 Å². The number of halogens is 1. The number of anilines is 1. The Hall–Kier alpha value is -2.18. The molecule has 0 bridgehead atoms. The summed E-state index contributed by atoms with van der Waals surface area (Å²) in [7, 11) is 0. The number of hydrogen-bond acceptors (Lipinski definition) is 4. The van der Waals surface area contributed by atoms with E-state index in [2.05, 4.69) is 79.6 Å². The Kier molecular flexibility index (Phi) is 6.33. The maximum atomic E-state index is 12.1. The molecule has 3 fully saturated rings. The van der Waals surface area contributed by atoms with Gasteiger partial charge in [0.25, 0.3) is 0 Å². The van der Waals surface area contributed by atoms with Gasteiger partial charge >= 0.3 is 0 Å². The van der Waals surface area contributed by atoms with Gasteiger partial charge in [0.15, 0.2) is 0 Å². The minimum Gasteiger partial charge on any atom is -0.372 e. The van der Waals surface area contributed by atoms with Crippen molar-refractivity contribution in [2.24, 2.45) is 5.92 Å². The molecule has 3 aliphatic heterocycles. The molecule has 0 spiro atoms. The second-order valence-corrected chi connectivity index (χ2v) is 10.4. The maximum absolute atomic E-state index is 12.1. The first-order chi connectivity index (χ1) is 15.5. The largest absolute Gasteiger partial charge is 0.372 e. The van der Waals surface area contributed by atoms with Gasteiger partial charge in [-0.25, -0.2) is 0 Å². The first kappa shape index (κ1) is 21.7. The molecule has 3 aliphatic rings. The van der Waals surface area contributed by atoms with Crippen molar-refractivity contribution in [2.75, 3.05) is 37.6 Å². The highest BCUT2D eigenvalue weighted by Crippen LogP contribution is 2.32. The van der Waals surface area contributed by atoms with Gasteiger partial charge in [-0.2, -0.15) is 0 Å². The monoisotopic (exact) mass is 495 g/mol. The number of piperidine rings is 2. The van der Waals surface area contributed by atoms with Crippen LogP contribution in [-0.4, -0.2) is 49.4 Å². The number of carbonyl (C=O) groups excluding carboxylic acids is 2. The predicted molar refractivity (Wildman–Crippen MR) is 130 cm³/mol. The zero-order valence-electron chi connectivity index (χ0n) is 18.3. The molecule has 3 heterocycles. The zero-order valence-corrected chi connectivity index (χ0v) is 19.9. The first-order valence-corrected chi connectivity index (χ1v) is 12.5. The summed E-state index contributed by atoms with van der Waals surface area (Å²) in [5, 5.41) is 2.46. The van der Waals surface area contributed by atoms with Crippen molar-refractivity contribution in [1.82, 2.24) is 10.2 Å².